The lowest BCUT2D eigenvalue weighted by atomic mass is 9.89. The lowest BCUT2D eigenvalue weighted by molar-refractivity contribution is -0.140. The van der Waals surface area contributed by atoms with Crippen molar-refractivity contribution >= 4 is 22.6 Å². The standard InChI is InChI=1S/C27H29FN2O.C4H8O2.C2H6/c28-24-10-8-21(9-11-24)22-13-15-29(16-14-22)18-20-12-17-30(19-20)27(31)26-7-3-5-23-4-1-2-6-25(23)26;1-3-6-4(2)5;1-2/h1-11,20,22H,12-19H2;3H2,1-2H3;1-2H3/t20-;;/m1../s1. The van der Waals surface area contributed by atoms with Gasteiger partial charge in [0.2, 0.25) is 0 Å². The predicted octanol–water partition coefficient (Wildman–Crippen LogP) is 6.92. The molecule has 0 unspecified atom stereocenters. The summed E-state index contributed by atoms with van der Waals surface area (Å²) in [6, 6.07) is 21.1. The van der Waals surface area contributed by atoms with Crippen molar-refractivity contribution in [3.63, 3.8) is 0 Å². The molecule has 3 aromatic carbocycles. The second kappa shape index (κ2) is 15.4. The molecule has 5 rings (SSSR count). The molecule has 1 atom stereocenters. The van der Waals surface area contributed by atoms with Crippen LogP contribution in [0.3, 0.4) is 0 Å². The number of hydrogen-bond donors (Lipinski definition) is 0. The highest BCUT2D eigenvalue weighted by Crippen LogP contribution is 2.30. The molecule has 5 nitrogen and oxygen atoms in total. The zero-order valence-corrected chi connectivity index (χ0v) is 23.9. The Hall–Kier alpha value is -3.25. The number of piperidine rings is 1. The second-order valence-electron chi connectivity index (χ2n) is 9.98. The number of amides is 1. The van der Waals surface area contributed by atoms with Gasteiger partial charge in [-0.1, -0.05) is 62.4 Å². The lowest BCUT2D eigenvalue weighted by Gasteiger charge is -2.33. The van der Waals surface area contributed by atoms with Crippen LogP contribution in [0.1, 0.15) is 68.8 Å². The van der Waals surface area contributed by atoms with E-state index >= 15 is 0 Å². The van der Waals surface area contributed by atoms with Crippen LogP contribution in [0.2, 0.25) is 0 Å². The third-order valence-corrected chi connectivity index (χ3v) is 7.39. The van der Waals surface area contributed by atoms with E-state index in [1.807, 2.05) is 61.2 Å². The smallest absolute Gasteiger partial charge is 0.302 e. The number of rotatable bonds is 5. The summed E-state index contributed by atoms with van der Waals surface area (Å²) in [6.45, 7) is 12.6. The van der Waals surface area contributed by atoms with Crippen molar-refractivity contribution in [3.8, 4) is 0 Å². The molecule has 210 valence electrons. The molecule has 2 aliphatic heterocycles. The van der Waals surface area contributed by atoms with Gasteiger partial charge in [0, 0.05) is 32.1 Å². The van der Waals surface area contributed by atoms with Crippen molar-refractivity contribution in [3.05, 3.63) is 83.7 Å². The van der Waals surface area contributed by atoms with Crippen LogP contribution in [-0.4, -0.2) is 61.0 Å². The second-order valence-corrected chi connectivity index (χ2v) is 9.98. The molecule has 0 aromatic heterocycles. The summed E-state index contributed by atoms with van der Waals surface area (Å²) in [4.78, 5) is 27.6. The first-order valence-electron chi connectivity index (χ1n) is 14.3. The maximum Gasteiger partial charge on any atom is 0.302 e. The minimum absolute atomic E-state index is 0.161. The van der Waals surface area contributed by atoms with Gasteiger partial charge in [0.25, 0.3) is 5.91 Å². The van der Waals surface area contributed by atoms with Crippen LogP contribution in [0, 0.1) is 11.7 Å². The van der Waals surface area contributed by atoms with E-state index in [2.05, 4.69) is 21.8 Å². The number of carbonyl (C=O) groups excluding carboxylic acids is 2. The van der Waals surface area contributed by atoms with Gasteiger partial charge in [-0.3, -0.25) is 9.59 Å². The first-order valence-corrected chi connectivity index (χ1v) is 14.3. The van der Waals surface area contributed by atoms with E-state index in [-0.39, 0.29) is 17.7 Å². The van der Waals surface area contributed by atoms with E-state index in [1.165, 1.54) is 12.5 Å². The highest BCUT2D eigenvalue weighted by atomic mass is 19.1. The number of hydrogen-bond acceptors (Lipinski definition) is 4. The largest absolute Gasteiger partial charge is 0.466 e. The van der Waals surface area contributed by atoms with E-state index in [9.17, 15) is 14.0 Å². The molecule has 0 bridgehead atoms. The van der Waals surface area contributed by atoms with Gasteiger partial charge >= 0.3 is 5.97 Å². The number of halogens is 1. The van der Waals surface area contributed by atoms with Crippen molar-refractivity contribution in [2.75, 3.05) is 39.3 Å². The van der Waals surface area contributed by atoms with E-state index in [0.29, 0.717) is 18.4 Å². The highest BCUT2D eigenvalue weighted by molar-refractivity contribution is 6.07. The first kappa shape index (κ1) is 30.3. The Labute approximate surface area is 232 Å². The van der Waals surface area contributed by atoms with Gasteiger partial charge < -0.3 is 14.5 Å². The van der Waals surface area contributed by atoms with Crippen LogP contribution in [0.25, 0.3) is 10.8 Å². The van der Waals surface area contributed by atoms with Crippen molar-refractivity contribution in [1.29, 1.82) is 0 Å². The third kappa shape index (κ3) is 8.62. The molecule has 0 saturated carbocycles. The van der Waals surface area contributed by atoms with Crippen LogP contribution in [-0.2, 0) is 9.53 Å². The molecular formula is C33H43FN2O3. The summed E-state index contributed by atoms with van der Waals surface area (Å²) in [6.07, 6.45) is 3.32. The Kier molecular flexibility index (Phi) is 11.9. The minimum Gasteiger partial charge on any atom is -0.466 e. The number of nitrogens with zero attached hydrogens (tertiary/aromatic N) is 2. The van der Waals surface area contributed by atoms with Crippen molar-refractivity contribution in [2.45, 2.75) is 52.9 Å². The SMILES string of the molecule is CC.CCOC(C)=O.O=C(c1cccc2ccccc12)N1CC[C@H](CN2CCC(c3ccc(F)cc3)CC2)C1. The molecule has 1 amide bonds. The number of ether oxygens (including phenoxy) is 1. The molecule has 6 heteroatoms. The Morgan fingerprint density at radius 2 is 1.56 bits per heavy atom. The zero-order chi connectivity index (χ0) is 28.2. The number of likely N-dealkylation sites (tertiary alicyclic amines) is 2. The van der Waals surface area contributed by atoms with Gasteiger partial charge in [0.05, 0.1) is 6.61 Å². The lowest BCUT2D eigenvalue weighted by Crippen LogP contribution is -2.37. The number of esters is 1. The average Bonchev–Trinajstić information content (AvgIpc) is 3.43. The highest BCUT2D eigenvalue weighted by Gasteiger charge is 2.30. The van der Waals surface area contributed by atoms with Gasteiger partial charge in [-0.05, 0) is 85.6 Å². The van der Waals surface area contributed by atoms with Gasteiger partial charge in [0.15, 0.2) is 0 Å². The normalized spacial score (nSPS) is 17.6. The van der Waals surface area contributed by atoms with Gasteiger partial charge in [-0.15, -0.1) is 0 Å². The summed E-state index contributed by atoms with van der Waals surface area (Å²) >= 11 is 0. The molecule has 0 aliphatic carbocycles. The zero-order valence-electron chi connectivity index (χ0n) is 23.9. The summed E-state index contributed by atoms with van der Waals surface area (Å²) in [5, 5.41) is 2.16. The van der Waals surface area contributed by atoms with Crippen LogP contribution in [0.5, 0.6) is 0 Å². The third-order valence-electron chi connectivity index (χ3n) is 7.39. The minimum atomic E-state index is -0.211. The van der Waals surface area contributed by atoms with Gasteiger partial charge in [-0.25, -0.2) is 4.39 Å². The van der Waals surface area contributed by atoms with E-state index in [1.54, 1.807) is 19.1 Å². The van der Waals surface area contributed by atoms with Crippen molar-refractivity contribution < 1.29 is 18.7 Å². The summed E-state index contributed by atoms with van der Waals surface area (Å²) in [7, 11) is 0. The molecular weight excluding hydrogens is 491 g/mol. The quantitative estimate of drug-likeness (QED) is 0.334. The topological polar surface area (TPSA) is 49.9 Å². The Balaban J connectivity index is 0.000000467. The van der Waals surface area contributed by atoms with Crippen molar-refractivity contribution in [1.82, 2.24) is 9.80 Å². The summed E-state index contributed by atoms with van der Waals surface area (Å²) < 4.78 is 17.6. The predicted molar refractivity (Wildman–Crippen MR) is 156 cm³/mol. The summed E-state index contributed by atoms with van der Waals surface area (Å²) in [5.74, 6) is 0.864. The molecule has 2 aliphatic rings. The van der Waals surface area contributed by atoms with Crippen LogP contribution in [0.4, 0.5) is 4.39 Å². The van der Waals surface area contributed by atoms with E-state index < -0.39 is 0 Å². The monoisotopic (exact) mass is 534 g/mol. The fraction of sp³-hybridized carbons (Fsp3) is 0.455. The molecule has 2 fully saturated rings. The fourth-order valence-electron chi connectivity index (χ4n) is 5.50. The first-order chi connectivity index (χ1) is 18.9. The molecule has 3 aromatic rings. The average molecular weight is 535 g/mol. The molecule has 0 radical (unpaired) electrons. The molecule has 0 N–H and O–H groups in total. The maximum atomic E-state index is 13.2. The Morgan fingerprint density at radius 3 is 2.21 bits per heavy atom. The molecule has 39 heavy (non-hydrogen) atoms. The van der Waals surface area contributed by atoms with Gasteiger partial charge in [-0.2, -0.15) is 0 Å². The summed E-state index contributed by atoms with van der Waals surface area (Å²) in [5.41, 5.74) is 2.08. The fourth-order valence-corrected chi connectivity index (χ4v) is 5.50. The van der Waals surface area contributed by atoms with E-state index in [0.717, 1.165) is 68.3 Å². The Bertz CT molecular complexity index is 1180. The molecule has 2 heterocycles. The van der Waals surface area contributed by atoms with Gasteiger partial charge in [0.1, 0.15) is 5.82 Å². The molecule has 0 spiro atoms. The number of benzene rings is 3. The van der Waals surface area contributed by atoms with E-state index in [4.69, 9.17) is 0 Å². The number of fused-ring (bicyclic) bond motifs is 1. The number of carbonyl (C=O) groups is 2. The van der Waals surface area contributed by atoms with Crippen molar-refractivity contribution in [2.24, 2.45) is 5.92 Å². The van der Waals surface area contributed by atoms with Crippen LogP contribution in [0.15, 0.2) is 66.7 Å². The van der Waals surface area contributed by atoms with Crippen LogP contribution >= 0.6 is 0 Å². The Morgan fingerprint density at radius 1 is 0.897 bits per heavy atom. The maximum absolute atomic E-state index is 13.2. The van der Waals surface area contributed by atoms with Crippen LogP contribution < -0.4 is 0 Å². The molecule has 2 saturated heterocycles.